The van der Waals surface area contributed by atoms with Crippen LogP contribution in [-0.2, 0) is 4.79 Å². The van der Waals surface area contributed by atoms with Crippen molar-refractivity contribution in [3.63, 3.8) is 0 Å². The minimum atomic E-state index is -0.214. The molecule has 1 amide bonds. The number of aliphatic hydroxyl groups is 1. The van der Waals surface area contributed by atoms with Crippen molar-refractivity contribution in [2.45, 2.75) is 13.0 Å². The molecular weight excluding hydrogens is 290 g/mol. The molecule has 1 atom stereocenters. The molecular formula is C18H23N3O2. The number of nitrogens with one attached hydrogen (secondary N) is 1. The van der Waals surface area contributed by atoms with Gasteiger partial charge in [0, 0.05) is 18.9 Å². The minimum absolute atomic E-state index is 0.0372. The molecule has 0 aliphatic carbocycles. The van der Waals surface area contributed by atoms with E-state index in [-0.39, 0.29) is 25.1 Å². The predicted octanol–water partition coefficient (Wildman–Crippen LogP) is 1.52. The molecule has 0 bridgehead atoms. The van der Waals surface area contributed by atoms with Crippen LogP contribution in [0.3, 0.4) is 0 Å². The first kappa shape index (κ1) is 17.1. The number of hydrogen-bond acceptors (Lipinski definition) is 4. The zero-order valence-electron chi connectivity index (χ0n) is 13.6. The van der Waals surface area contributed by atoms with Crippen LogP contribution in [0.4, 0.5) is 0 Å². The second-order valence-electron chi connectivity index (χ2n) is 5.65. The summed E-state index contributed by atoms with van der Waals surface area (Å²) in [5, 5.41) is 12.0. The van der Waals surface area contributed by atoms with E-state index in [4.69, 9.17) is 5.11 Å². The van der Waals surface area contributed by atoms with E-state index in [1.54, 1.807) is 17.3 Å². The van der Waals surface area contributed by atoms with Gasteiger partial charge in [0.1, 0.15) is 0 Å². The predicted molar refractivity (Wildman–Crippen MR) is 90.0 cm³/mol. The third kappa shape index (κ3) is 5.16. The monoisotopic (exact) mass is 313 g/mol. The van der Waals surface area contributed by atoms with Crippen LogP contribution >= 0.6 is 0 Å². The molecule has 0 fully saturated rings. The molecule has 0 spiro atoms. The first-order valence-corrected chi connectivity index (χ1v) is 7.65. The Morgan fingerprint density at radius 2 is 1.78 bits per heavy atom. The van der Waals surface area contributed by atoms with E-state index in [2.05, 4.69) is 10.3 Å². The normalized spacial score (nSPS) is 12.2. The fourth-order valence-corrected chi connectivity index (χ4v) is 2.38. The van der Waals surface area contributed by atoms with Crippen molar-refractivity contribution in [3.8, 4) is 0 Å². The van der Waals surface area contributed by atoms with Gasteiger partial charge in [-0.25, -0.2) is 0 Å². The molecule has 2 N–H and O–H groups in total. The van der Waals surface area contributed by atoms with Crippen LogP contribution in [0.25, 0.3) is 0 Å². The van der Waals surface area contributed by atoms with Crippen molar-refractivity contribution >= 4 is 5.91 Å². The maximum atomic E-state index is 12.3. The van der Waals surface area contributed by atoms with Gasteiger partial charge in [0.05, 0.1) is 19.2 Å². The van der Waals surface area contributed by atoms with Gasteiger partial charge in [-0.2, -0.15) is 0 Å². The number of aryl methyl sites for hydroxylation is 1. The highest BCUT2D eigenvalue weighted by atomic mass is 16.3. The molecule has 0 saturated carbocycles. The quantitative estimate of drug-likeness (QED) is 0.813. The third-order valence-corrected chi connectivity index (χ3v) is 3.65. The molecule has 2 rings (SSSR count). The number of aromatic nitrogens is 1. The number of rotatable bonds is 7. The highest BCUT2D eigenvalue weighted by molar-refractivity contribution is 5.79. The van der Waals surface area contributed by atoms with Crippen molar-refractivity contribution in [2.75, 3.05) is 26.7 Å². The van der Waals surface area contributed by atoms with Crippen LogP contribution in [0, 0.1) is 6.92 Å². The van der Waals surface area contributed by atoms with Gasteiger partial charge in [-0.1, -0.05) is 29.8 Å². The summed E-state index contributed by atoms with van der Waals surface area (Å²) in [4.78, 5) is 18.1. The highest BCUT2D eigenvalue weighted by Crippen LogP contribution is 2.21. The molecule has 1 aromatic carbocycles. The summed E-state index contributed by atoms with van der Waals surface area (Å²) in [5.74, 6) is -0.0802. The average Bonchev–Trinajstić information content (AvgIpc) is 2.54. The number of hydrogen-bond donors (Lipinski definition) is 2. The first-order chi connectivity index (χ1) is 11.1. The standard InChI is InChI=1S/C18H23N3O2/c1-14-3-5-15(6-4-14)18(16-7-9-19-10-8-16)20-17(23)13-21(2)11-12-22/h3-10,18,22H,11-13H2,1-2H3,(H,20,23)/t18-/m1/s1. The number of aliphatic hydroxyl groups excluding tert-OH is 1. The van der Waals surface area contributed by atoms with Gasteiger partial charge in [0.15, 0.2) is 0 Å². The fourth-order valence-electron chi connectivity index (χ4n) is 2.38. The third-order valence-electron chi connectivity index (χ3n) is 3.65. The van der Waals surface area contributed by atoms with Crippen LogP contribution in [-0.4, -0.2) is 47.6 Å². The summed E-state index contributed by atoms with van der Waals surface area (Å²) in [7, 11) is 1.81. The molecule has 5 heteroatoms. The summed E-state index contributed by atoms with van der Waals surface area (Å²) in [6.45, 7) is 2.79. The molecule has 0 unspecified atom stereocenters. The number of likely N-dealkylation sites (N-methyl/N-ethyl adjacent to an activating group) is 1. The van der Waals surface area contributed by atoms with Gasteiger partial charge in [-0.15, -0.1) is 0 Å². The van der Waals surface area contributed by atoms with Crippen molar-refractivity contribution in [1.29, 1.82) is 0 Å². The first-order valence-electron chi connectivity index (χ1n) is 7.65. The van der Waals surface area contributed by atoms with Gasteiger partial charge in [-0.05, 0) is 37.2 Å². The zero-order valence-corrected chi connectivity index (χ0v) is 13.6. The van der Waals surface area contributed by atoms with Gasteiger partial charge in [0.25, 0.3) is 0 Å². The van der Waals surface area contributed by atoms with Crippen LogP contribution in [0.2, 0.25) is 0 Å². The summed E-state index contributed by atoms with van der Waals surface area (Å²) < 4.78 is 0. The molecule has 5 nitrogen and oxygen atoms in total. The number of amides is 1. The van der Waals surface area contributed by atoms with E-state index >= 15 is 0 Å². The minimum Gasteiger partial charge on any atom is -0.395 e. The number of carbonyl (C=O) groups excluding carboxylic acids is 1. The summed E-state index contributed by atoms with van der Waals surface area (Å²) in [6, 6.07) is 11.7. The zero-order chi connectivity index (χ0) is 16.7. The van der Waals surface area contributed by atoms with E-state index in [0.717, 1.165) is 11.1 Å². The summed E-state index contributed by atoms with van der Waals surface area (Å²) >= 11 is 0. The maximum Gasteiger partial charge on any atom is 0.234 e. The lowest BCUT2D eigenvalue weighted by Crippen LogP contribution is -2.38. The Hall–Kier alpha value is -2.24. The molecule has 23 heavy (non-hydrogen) atoms. The van der Waals surface area contributed by atoms with E-state index in [1.807, 2.05) is 50.4 Å². The molecule has 2 aromatic rings. The van der Waals surface area contributed by atoms with Gasteiger partial charge >= 0.3 is 0 Å². The fraction of sp³-hybridized carbons (Fsp3) is 0.333. The lowest BCUT2D eigenvalue weighted by atomic mass is 9.98. The Balaban J connectivity index is 2.17. The number of nitrogens with zero attached hydrogens (tertiary/aromatic N) is 2. The summed E-state index contributed by atoms with van der Waals surface area (Å²) in [5.41, 5.74) is 3.19. The lowest BCUT2D eigenvalue weighted by Gasteiger charge is -2.22. The number of carbonyl (C=O) groups is 1. The van der Waals surface area contributed by atoms with Crippen LogP contribution in [0.1, 0.15) is 22.7 Å². The molecule has 0 aliphatic heterocycles. The van der Waals surface area contributed by atoms with Crippen LogP contribution in [0.15, 0.2) is 48.8 Å². The molecule has 0 radical (unpaired) electrons. The van der Waals surface area contributed by atoms with Crippen molar-refractivity contribution in [1.82, 2.24) is 15.2 Å². The van der Waals surface area contributed by atoms with Gasteiger partial charge < -0.3 is 10.4 Å². The van der Waals surface area contributed by atoms with E-state index in [1.165, 1.54) is 5.56 Å². The SMILES string of the molecule is Cc1ccc([C@@H](NC(=O)CN(C)CCO)c2ccncc2)cc1. The molecule has 1 heterocycles. The van der Waals surface area contributed by atoms with E-state index in [9.17, 15) is 4.79 Å². The second kappa shape index (κ2) is 8.41. The smallest absolute Gasteiger partial charge is 0.234 e. The molecule has 1 aromatic heterocycles. The average molecular weight is 313 g/mol. The summed E-state index contributed by atoms with van der Waals surface area (Å²) in [6.07, 6.45) is 3.45. The van der Waals surface area contributed by atoms with Crippen LogP contribution in [0.5, 0.6) is 0 Å². The Bertz CT molecular complexity index is 614. The highest BCUT2D eigenvalue weighted by Gasteiger charge is 2.17. The Labute approximate surface area is 137 Å². The second-order valence-corrected chi connectivity index (χ2v) is 5.65. The van der Waals surface area contributed by atoms with Crippen LogP contribution < -0.4 is 5.32 Å². The van der Waals surface area contributed by atoms with Gasteiger partial charge in [0.2, 0.25) is 5.91 Å². The molecule has 0 saturated heterocycles. The topological polar surface area (TPSA) is 65.5 Å². The maximum absolute atomic E-state index is 12.3. The van der Waals surface area contributed by atoms with Gasteiger partial charge in [-0.3, -0.25) is 14.7 Å². The Morgan fingerprint density at radius 3 is 2.39 bits per heavy atom. The van der Waals surface area contributed by atoms with E-state index in [0.29, 0.717) is 6.54 Å². The molecule has 0 aliphatic rings. The largest absolute Gasteiger partial charge is 0.395 e. The van der Waals surface area contributed by atoms with Crippen molar-refractivity contribution in [2.24, 2.45) is 0 Å². The van der Waals surface area contributed by atoms with Crippen molar-refractivity contribution < 1.29 is 9.90 Å². The number of benzene rings is 1. The Kier molecular flexibility index (Phi) is 6.26. The van der Waals surface area contributed by atoms with Crippen molar-refractivity contribution in [3.05, 3.63) is 65.5 Å². The Morgan fingerprint density at radius 1 is 1.17 bits per heavy atom. The lowest BCUT2D eigenvalue weighted by molar-refractivity contribution is -0.122. The van der Waals surface area contributed by atoms with E-state index < -0.39 is 0 Å². The number of pyridine rings is 1. The molecule has 122 valence electrons.